The Kier molecular flexibility index (Phi) is 3.89. The summed E-state index contributed by atoms with van der Waals surface area (Å²) in [7, 11) is 4.32. The number of rotatable bonds is 3. The van der Waals surface area contributed by atoms with Crippen LogP contribution in [0.2, 0.25) is 0 Å². The maximum atomic E-state index is 2.64. The molecule has 2 heterocycles. The Labute approximate surface area is 105 Å². The predicted molar refractivity (Wildman–Crippen MR) is 71.9 cm³/mol. The van der Waals surface area contributed by atoms with Crippen LogP contribution in [0.3, 0.4) is 0 Å². The van der Waals surface area contributed by atoms with E-state index in [1.165, 1.54) is 25.2 Å². The van der Waals surface area contributed by atoms with Gasteiger partial charge in [-0.1, -0.05) is 13.8 Å². The first-order valence-electron chi connectivity index (χ1n) is 6.59. The lowest BCUT2D eigenvalue weighted by atomic mass is 9.99. The molecule has 0 N–H and O–H groups in total. The Morgan fingerprint density at radius 1 is 1.29 bits per heavy atom. The molecule has 1 aromatic rings. The van der Waals surface area contributed by atoms with Gasteiger partial charge < -0.3 is 9.47 Å². The maximum Gasteiger partial charge on any atom is 0.0252 e. The zero-order valence-corrected chi connectivity index (χ0v) is 11.6. The molecule has 0 radical (unpaired) electrons. The highest BCUT2D eigenvalue weighted by molar-refractivity contribution is 5.10. The fourth-order valence-electron chi connectivity index (χ4n) is 2.71. The van der Waals surface area contributed by atoms with E-state index >= 15 is 0 Å². The summed E-state index contributed by atoms with van der Waals surface area (Å²) in [5.41, 5.74) is 1.43. The van der Waals surface area contributed by atoms with Crippen molar-refractivity contribution in [2.75, 3.05) is 26.7 Å². The maximum absolute atomic E-state index is 2.64. The standard InChI is InChI=1S/C14H25N3/c1-12(2)14-11-16(4)7-8-17(14)10-13-5-6-15(3)9-13/h5-6,9,12,14H,7-8,10-11H2,1-4H3/t14-/m1/s1. The van der Waals surface area contributed by atoms with Crippen LogP contribution in [0.1, 0.15) is 19.4 Å². The predicted octanol–water partition coefficient (Wildman–Crippen LogP) is 1.80. The highest BCUT2D eigenvalue weighted by Gasteiger charge is 2.27. The number of aryl methyl sites for hydroxylation is 1. The highest BCUT2D eigenvalue weighted by Crippen LogP contribution is 2.19. The average Bonchev–Trinajstić information content (AvgIpc) is 2.66. The second kappa shape index (κ2) is 5.23. The average molecular weight is 235 g/mol. The molecule has 0 bridgehead atoms. The molecule has 0 spiro atoms. The molecule has 1 saturated heterocycles. The second-order valence-electron chi connectivity index (χ2n) is 5.73. The summed E-state index contributed by atoms with van der Waals surface area (Å²) in [6.07, 6.45) is 4.37. The van der Waals surface area contributed by atoms with Crippen LogP contribution in [0.25, 0.3) is 0 Å². The molecule has 1 atom stereocenters. The van der Waals surface area contributed by atoms with Crippen molar-refractivity contribution in [2.45, 2.75) is 26.4 Å². The van der Waals surface area contributed by atoms with Gasteiger partial charge in [0, 0.05) is 51.7 Å². The SMILES string of the molecule is CC(C)[C@H]1CN(C)CCN1Cc1ccn(C)c1. The quantitative estimate of drug-likeness (QED) is 0.791. The number of nitrogens with zero attached hydrogens (tertiary/aromatic N) is 3. The molecule has 2 rings (SSSR count). The minimum atomic E-state index is 0.689. The molecule has 1 aliphatic heterocycles. The molecule has 1 aromatic heterocycles. The minimum absolute atomic E-state index is 0.689. The molecule has 0 aromatic carbocycles. The van der Waals surface area contributed by atoms with Crippen LogP contribution >= 0.6 is 0 Å². The number of hydrogen-bond acceptors (Lipinski definition) is 2. The first kappa shape index (κ1) is 12.7. The first-order valence-corrected chi connectivity index (χ1v) is 6.59. The van der Waals surface area contributed by atoms with Crippen LogP contribution in [0, 0.1) is 5.92 Å². The van der Waals surface area contributed by atoms with Crippen LogP contribution in [0.4, 0.5) is 0 Å². The van der Waals surface area contributed by atoms with E-state index in [4.69, 9.17) is 0 Å². The number of likely N-dealkylation sites (N-methyl/N-ethyl adjacent to an activating group) is 1. The van der Waals surface area contributed by atoms with Crippen molar-refractivity contribution in [2.24, 2.45) is 13.0 Å². The molecule has 0 aliphatic carbocycles. The first-order chi connectivity index (χ1) is 8.06. The Balaban J connectivity index is 2.02. The van der Waals surface area contributed by atoms with Gasteiger partial charge in [0.1, 0.15) is 0 Å². The van der Waals surface area contributed by atoms with Gasteiger partial charge in [0.15, 0.2) is 0 Å². The topological polar surface area (TPSA) is 11.4 Å². The summed E-state index contributed by atoms with van der Waals surface area (Å²) in [6.45, 7) is 9.34. The van der Waals surface area contributed by atoms with Crippen molar-refractivity contribution < 1.29 is 0 Å². The molecule has 1 fully saturated rings. The van der Waals surface area contributed by atoms with E-state index < -0.39 is 0 Å². The van der Waals surface area contributed by atoms with E-state index in [0.29, 0.717) is 6.04 Å². The van der Waals surface area contributed by atoms with Crippen LogP contribution in [0.5, 0.6) is 0 Å². The van der Waals surface area contributed by atoms with Crippen LogP contribution in [-0.4, -0.2) is 47.1 Å². The summed E-state index contributed by atoms with van der Waals surface area (Å²) in [5, 5.41) is 0. The lowest BCUT2D eigenvalue weighted by Crippen LogP contribution is -2.53. The highest BCUT2D eigenvalue weighted by atomic mass is 15.3. The Hall–Kier alpha value is -0.800. The molecule has 17 heavy (non-hydrogen) atoms. The Morgan fingerprint density at radius 2 is 2.06 bits per heavy atom. The van der Waals surface area contributed by atoms with Crippen molar-refractivity contribution in [3.63, 3.8) is 0 Å². The van der Waals surface area contributed by atoms with E-state index in [1.54, 1.807) is 0 Å². The molecule has 3 nitrogen and oxygen atoms in total. The molecular weight excluding hydrogens is 210 g/mol. The summed E-state index contributed by atoms with van der Waals surface area (Å²) < 4.78 is 2.13. The summed E-state index contributed by atoms with van der Waals surface area (Å²) in [5.74, 6) is 0.724. The van der Waals surface area contributed by atoms with Crippen molar-refractivity contribution in [1.82, 2.24) is 14.4 Å². The molecule has 0 saturated carbocycles. The largest absolute Gasteiger partial charge is 0.357 e. The van der Waals surface area contributed by atoms with E-state index in [2.05, 4.69) is 60.8 Å². The molecule has 1 aliphatic rings. The summed E-state index contributed by atoms with van der Waals surface area (Å²) in [4.78, 5) is 5.09. The Morgan fingerprint density at radius 3 is 2.65 bits per heavy atom. The van der Waals surface area contributed by atoms with Gasteiger partial charge in [0.05, 0.1) is 0 Å². The fraction of sp³-hybridized carbons (Fsp3) is 0.714. The molecule has 0 amide bonds. The van der Waals surface area contributed by atoms with Gasteiger partial charge in [-0.25, -0.2) is 0 Å². The van der Waals surface area contributed by atoms with Crippen LogP contribution < -0.4 is 0 Å². The van der Waals surface area contributed by atoms with Crippen molar-refractivity contribution in [3.05, 3.63) is 24.0 Å². The summed E-state index contributed by atoms with van der Waals surface area (Å²) >= 11 is 0. The van der Waals surface area contributed by atoms with Gasteiger partial charge in [-0.15, -0.1) is 0 Å². The van der Waals surface area contributed by atoms with Crippen molar-refractivity contribution >= 4 is 0 Å². The molecular formula is C14H25N3. The zero-order chi connectivity index (χ0) is 12.4. The second-order valence-corrected chi connectivity index (χ2v) is 5.73. The number of aromatic nitrogens is 1. The summed E-state index contributed by atoms with van der Waals surface area (Å²) in [6, 6.07) is 2.92. The lowest BCUT2D eigenvalue weighted by molar-refractivity contribution is 0.0571. The third-order valence-electron chi connectivity index (χ3n) is 3.79. The van der Waals surface area contributed by atoms with Crippen LogP contribution in [0.15, 0.2) is 18.5 Å². The zero-order valence-electron chi connectivity index (χ0n) is 11.6. The third-order valence-corrected chi connectivity index (χ3v) is 3.79. The Bertz CT molecular complexity index is 356. The van der Waals surface area contributed by atoms with Gasteiger partial charge in [0.25, 0.3) is 0 Å². The molecule has 3 heteroatoms. The molecule has 0 unspecified atom stereocenters. The number of piperazine rings is 1. The van der Waals surface area contributed by atoms with Gasteiger partial charge in [-0.05, 0) is 24.6 Å². The monoisotopic (exact) mass is 235 g/mol. The van der Waals surface area contributed by atoms with Gasteiger partial charge in [-0.3, -0.25) is 4.90 Å². The van der Waals surface area contributed by atoms with Crippen molar-refractivity contribution in [3.8, 4) is 0 Å². The lowest BCUT2D eigenvalue weighted by Gasteiger charge is -2.42. The third kappa shape index (κ3) is 3.11. The van der Waals surface area contributed by atoms with Crippen molar-refractivity contribution in [1.29, 1.82) is 0 Å². The number of hydrogen-bond donors (Lipinski definition) is 0. The van der Waals surface area contributed by atoms with E-state index in [1.807, 2.05) is 0 Å². The van der Waals surface area contributed by atoms with Gasteiger partial charge in [0.2, 0.25) is 0 Å². The fourth-order valence-corrected chi connectivity index (χ4v) is 2.71. The van der Waals surface area contributed by atoms with E-state index in [-0.39, 0.29) is 0 Å². The van der Waals surface area contributed by atoms with Crippen LogP contribution in [-0.2, 0) is 13.6 Å². The normalized spacial score (nSPS) is 23.5. The van der Waals surface area contributed by atoms with Gasteiger partial charge in [-0.2, -0.15) is 0 Å². The smallest absolute Gasteiger partial charge is 0.0252 e. The van der Waals surface area contributed by atoms with Gasteiger partial charge >= 0.3 is 0 Å². The minimum Gasteiger partial charge on any atom is -0.357 e. The van der Waals surface area contributed by atoms with E-state index in [0.717, 1.165) is 12.5 Å². The van der Waals surface area contributed by atoms with E-state index in [9.17, 15) is 0 Å². The molecule has 96 valence electrons.